The highest BCUT2D eigenvalue weighted by atomic mass is 35.5. The lowest BCUT2D eigenvalue weighted by Crippen LogP contribution is -2.39. The highest BCUT2D eigenvalue weighted by Crippen LogP contribution is 2.22. The van der Waals surface area contributed by atoms with Crippen molar-refractivity contribution in [1.29, 1.82) is 0 Å². The maximum atomic E-state index is 6.27. The van der Waals surface area contributed by atoms with Gasteiger partial charge >= 0.3 is 0 Å². The number of hydrogen-bond donors (Lipinski definition) is 2. The first-order valence-corrected chi connectivity index (χ1v) is 10.0. The molecule has 0 amide bonds. The van der Waals surface area contributed by atoms with Crippen LogP contribution < -0.4 is 15.4 Å². The molecule has 0 aliphatic rings. The first kappa shape index (κ1) is 20.5. The molecule has 1 heterocycles. The van der Waals surface area contributed by atoms with Gasteiger partial charge < -0.3 is 15.4 Å². The van der Waals surface area contributed by atoms with E-state index in [1.807, 2.05) is 18.2 Å². The third kappa shape index (κ3) is 6.18. The number of aliphatic imine (C=N–C) groups is 1. The lowest BCUT2D eigenvalue weighted by atomic mass is 10.1. The fraction of sp³-hybridized carbons (Fsp3) is 0.474. The summed E-state index contributed by atoms with van der Waals surface area (Å²) in [5, 5.41) is 10.7. The summed E-state index contributed by atoms with van der Waals surface area (Å²) in [6, 6.07) is 5.75. The zero-order chi connectivity index (χ0) is 18.9. The molecule has 0 spiro atoms. The number of hydrogen-bond acceptors (Lipinski definition) is 4. The number of ether oxygens (including phenoxy) is 1. The average Bonchev–Trinajstić information content (AvgIpc) is 3.10. The third-order valence-corrected chi connectivity index (χ3v) is 5.45. The predicted octanol–water partition coefficient (Wildman–Crippen LogP) is 3.88. The van der Waals surface area contributed by atoms with Gasteiger partial charge in [-0.1, -0.05) is 31.5 Å². The standard InChI is InChI=1S/C19H27ClN4OS/c1-13(2)18-24-15(12-26-18)8-10-23-19(21-3)22-9-7-14-5-6-16(25-4)11-17(14)20/h5-6,11-13H,7-10H2,1-4H3,(H2,21,22,23). The van der Waals surface area contributed by atoms with E-state index in [0.29, 0.717) is 5.92 Å². The van der Waals surface area contributed by atoms with Gasteiger partial charge in [0.15, 0.2) is 5.96 Å². The number of guanidine groups is 1. The van der Waals surface area contributed by atoms with Gasteiger partial charge in [0.05, 0.1) is 17.8 Å². The van der Waals surface area contributed by atoms with E-state index in [1.54, 1.807) is 25.5 Å². The van der Waals surface area contributed by atoms with Gasteiger partial charge in [-0.2, -0.15) is 0 Å². The van der Waals surface area contributed by atoms with Crippen molar-refractivity contribution in [2.45, 2.75) is 32.6 Å². The molecular weight excluding hydrogens is 368 g/mol. The normalized spacial score (nSPS) is 11.7. The molecule has 142 valence electrons. The predicted molar refractivity (Wildman–Crippen MR) is 111 cm³/mol. The van der Waals surface area contributed by atoms with Crippen LogP contribution in [0.1, 0.15) is 36.0 Å². The quantitative estimate of drug-likeness (QED) is 0.527. The molecule has 0 saturated carbocycles. The zero-order valence-corrected chi connectivity index (χ0v) is 17.4. The van der Waals surface area contributed by atoms with Crippen molar-refractivity contribution in [2.75, 3.05) is 27.2 Å². The second-order valence-corrected chi connectivity index (χ2v) is 7.51. The van der Waals surface area contributed by atoms with Crippen molar-refractivity contribution in [3.05, 3.63) is 44.9 Å². The molecule has 1 aromatic heterocycles. The van der Waals surface area contributed by atoms with Crippen LogP contribution in [-0.2, 0) is 12.8 Å². The molecule has 0 atom stereocenters. The molecular formula is C19H27ClN4OS. The van der Waals surface area contributed by atoms with Gasteiger partial charge in [-0.3, -0.25) is 4.99 Å². The number of aromatic nitrogens is 1. The van der Waals surface area contributed by atoms with Gasteiger partial charge in [-0.15, -0.1) is 11.3 Å². The van der Waals surface area contributed by atoms with Crippen LogP contribution in [0.4, 0.5) is 0 Å². The molecule has 1 aromatic carbocycles. The lowest BCUT2D eigenvalue weighted by molar-refractivity contribution is 0.414. The molecule has 0 unspecified atom stereocenters. The average molecular weight is 395 g/mol. The summed E-state index contributed by atoms with van der Waals surface area (Å²) in [4.78, 5) is 8.91. The van der Waals surface area contributed by atoms with Crippen LogP contribution in [0.5, 0.6) is 5.75 Å². The number of halogens is 1. The number of rotatable bonds is 8. The van der Waals surface area contributed by atoms with Crippen LogP contribution in [-0.4, -0.2) is 38.2 Å². The van der Waals surface area contributed by atoms with Gasteiger partial charge in [-0.25, -0.2) is 4.98 Å². The van der Waals surface area contributed by atoms with E-state index in [-0.39, 0.29) is 0 Å². The van der Waals surface area contributed by atoms with E-state index in [9.17, 15) is 0 Å². The van der Waals surface area contributed by atoms with Gasteiger partial charge in [0.1, 0.15) is 5.75 Å². The Labute approximate surface area is 164 Å². The SMILES string of the molecule is CN=C(NCCc1csc(C(C)C)n1)NCCc1ccc(OC)cc1Cl. The largest absolute Gasteiger partial charge is 0.497 e. The Balaban J connectivity index is 1.73. The molecule has 0 aliphatic carbocycles. The molecule has 26 heavy (non-hydrogen) atoms. The lowest BCUT2D eigenvalue weighted by Gasteiger charge is -2.12. The number of benzene rings is 1. The molecule has 0 fully saturated rings. The molecule has 2 N–H and O–H groups in total. The summed E-state index contributed by atoms with van der Waals surface area (Å²) >= 11 is 8.00. The van der Waals surface area contributed by atoms with Crippen LogP contribution in [0.2, 0.25) is 5.02 Å². The highest BCUT2D eigenvalue weighted by molar-refractivity contribution is 7.09. The maximum absolute atomic E-state index is 6.27. The Kier molecular flexibility index (Phi) is 8.19. The van der Waals surface area contributed by atoms with Crippen molar-refractivity contribution < 1.29 is 4.74 Å². The molecule has 2 rings (SSSR count). The highest BCUT2D eigenvalue weighted by Gasteiger charge is 2.06. The number of nitrogens with zero attached hydrogens (tertiary/aromatic N) is 2. The Hall–Kier alpha value is -1.79. The van der Waals surface area contributed by atoms with E-state index in [2.05, 4.69) is 39.8 Å². The molecule has 7 heteroatoms. The second-order valence-electron chi connectivity index (χ2n) is 6.21. The van der Waals surface area contributed by atoms with Gasteiger partial charge in [0.2, 0.25) is 0 Å². The zero-order valence-electron chi connectivity index (χ0n) is 15.8. The molecule has 0 bridgehead atoms. The Morgan fingerprint density at radius 3 is 2.58 bits per heavy atom. The second kappa shape index (κ2) is 10.4. The molecule has 2 aromatic rings. The van der Waals surface area contributed by atoms with Crippen molar-refractivity contribution in [2.24, 2.45) is 4.99 Å². The van der Waals surface area contributed by atoms with E-state index in [1.165, 1.54) is 5.01 Å². The van der Waals surface area contributed by atoms with Crippen molar-refractivity contribution in [1.82, 2.24) is 15.6 Å². The fourth-order valence-corrected chi connectivity index (χ4v) is 3.54. The Morgan fingerprint density at radius 2 is 2.00 bits per heavy atom. The summed E-state index contributed by atoms with van der Waals surface area (Å²) in [6.07, 6.45) is 1.70. The summed E-state index contributed by atoms with van der Waals surface area (Å²) in [5.74, 6) is 2.04. The number of methoxy groups -OCH3 is 1. The van der Waals surface area contributed by atoms with Crippen LogP contribution in [0.15, 0.2) is 28.6 Å². The van der Waals surface area contributed by atoms with Crippen LogP contribution >= 0.6 is 22.9 Å². The Morgan fingerprint density at radius 1 is 1.27 bits per heavy atom. The summed E-state index contributed by atoms with van der Waals surface area (Å²) in [7, 11) is 3.41. The molecule has 0 radical (unpaired) electrons. The minimum atomic E-state index is 0.487. The monoisotopic (exact) mass is 394 g/mol. The molecule has 0 aliphatic heterocycles. The van der Waals surface area contributed by atoms with Crippen LogP contribution in [0, 0.1) is 0 Å². The van der Waals surface area contributed by atoms with Gasteiger partial charge in [-0.05, 0) is 24.1 Å². The van der Waals surface area contributed by atoms with E-state index >= 15 is 0 Å². The van der Waals surface area contributed by atoms with E-state index < -0.39 is 0 Å². The fourth-order valence-electron chi connectivity index (χ4n) is 2.41. The minimum Gasteiger partial charge on any atom is -0.497 e. The van der Waals surface area contributed by atoms with Gasteiger partial charge in [0, 0.05) is 42.9 Å². The Bertz CT molecular complexity index is 730. The topological polar surface area (TPSA) is 58.5 Å². The van der Waals surface area contributed by atoms with Crippen LogP contribution in [0.25, 0.3) is 0 Å². The summed E-state index contributed by atoms with van der Waals surface area (Å²) in [6.45, 7) is 5.88. The maximum Gasteiger partial charge on any atom is 0.190 e. The smallest absolute Gasteiger partial charge is 0.190 e. The van der Waals surface area contributed by atoms with E-state index in [0.717, 1.165) is 53.9 Å². The first-order valence-electron chi connectivity index (χ1n) is 8.74. The summed E-state index contributed by atoms with van der Waals surface area (Å²) < 4.78 is 5.17. The van der Waals surface area contributed by atoms with Crippen LogP contribution in [0.3, 0.4) is 0 Å². The third-order valence-electron chi connectivity index (χ3n) is 3.91. The molecule has 0 saturated heterocycles. The minimum absolute atomic E-state index is 0.487. The number of nitrogens with one attached hydrogen (secondary N) is 2. The summed E-state index contributed by atoms with van der Waals surface area (Å²) in [5.41, 5.74) is 2.21. The van der Waals surface area contributed by atoms with Crippen molar-refractivity contribution in [3.63, 3.8) is 0 Å². The first-order chi connectivity index (χ1) is 12.5. The van der Waals surface area contributed by atoms with Crippen molar-refractivity contribution >= 4 is 28.9 Å². The van der Waals surface area contributed by atoms with E-state index in [4.69, 9.17) is 16.3 Å². The van der Waals surface area contributed by atoms with Crippen molar-refractivity contribution in [3.8, 4) is 5.75 Å². The molecule has 5 nitrogen and oxygen atoms in total. The van der Waals surface area contributed by atoms with Gasteiger partial charge in [0.25, 0.3) is 0 Å². The number of thiazole rings is 1.